The van der Waals surface area contributed by atoms with Crippen LogP contribution in [0.5, 0.6) is 0 Å². The first-order valence-corrected chi connectivity index (χ1v) is 10.1. The second-order valence-electron chi connectivity index (χ2n) is 5.95. The second kappa shape index (κ2) is 8.23. The van der Waals surface area contributed by atoms with Crippen LogP contribution >= 0.6 is 35.0 Å². The molecule has 0 aliphatic carbocycles. The Hall–Kier alpha value is -2.53. The van der Waals surface area contributed by atoms with Gasteiger partial charge < -0.3 is 0 Å². The molecule has 0 atom stereocenters. The molecule has 1 aliphatic heterocycles. The molecule has 0 aromatic heterocycles. The number of hydrogen-bond donors (Lipinski definition) is 0. The number of amidine groups is 1. The van der Waals surface area contributed by atoms with Gasteiger partial charge in [-0.3, -0.25) is 9.69 Å². The van der Waals surface area contributed by atoms with Gasteiger partial charge in [0.25, 0.3) is 5.91 Å². The fraction of sp³-hybridized carbons (Fsp3) is 0. The van der Waals surface area contributed by atoms with E-state index in [1.807, 2.05) is 60.7 Å². The summed E-state index contributed by atoms with van der Waals surface area (Å²) in [7, 11) is 0. The van der Waals surface area contributed by atoms with Gasteiger partial charge >= 0.3 is 0 Å². The van der Waals surface area contributed by atoms with Crippen molar-refractivity contribution in [2.45, 2.75) is 0 Å². The number of thioether (sulfide) groups is 1. The lowest BCUT2D eigenvalue weighted by molar-refractivity contribution is -0.113. The van der Waals surface area contributed by atoms with Crippen LogP contribution in [0, 0.1) is 0 Å². The Balaban J connectivity index is 1.81. The summed E-state index contributed by atoms with van der Waals surface area (Å²) < 4.78 is 0. The predicted molar refractivity (Wildman–Crippen MR) is 119 cm³/mol. The average Bonchev–Trinajstić information content (AvgIpc) is 3.01. The molecule has 0 N–H and O–H groups in total. The minimum Gasteiger partial charge on any atom is -0.268 e. The SMILES string of the molecule is O=C1/C(=C/c2c(Cl)cccc2Cl)SC(=Nc2ccccc2)N1c1ccccc1. The molecule has 1 fully saturated rings. The van der Waals surface area contributed by atoms with Gasteiger partial charge in [-0.25, -0.2) is 4.99 Å². The van der Waals surface area contributed by atoms with Crippen LogP contribution in [0.2, 0.25) is 10.0 Å². The molecule has 1 saturated heterocycles. The molecular formula is C22H14Cl2N2OS. The summed E-state index contributed by atoms with van der Waals surface area (Å²) in [6.07, 6.45) is 1.72. The Bertz CT molecular complexity index is 1060. The first-order valence-electron chi connectivity index (χ1n) is 8.50. The maximum atomic E-state index is 13.2. The number of amides is 1. The Morgan fingerprint density at radius 2 is 1.43 bits per heavy atom. The van der Waals surface area contributed by atoms with Gasteiger partial charge in [0, 0.05) is 15.6 Å². The Morgan fingerprint density at radius 3 is 2.07 bits per heavy atom. The van der Waals surface area contributed by atoms with E-state index in [1.165, 1.54) is 11.8 Å². The molecule has 6 heteroatoms. The number of aliphatic imine (C=N–C) groups is 1. The number of benzene rings is 3. The van der Waals surface area contributed by atoms with Crippen LogP contribution in [-0.2, 0) is 4.79 Å². The second-order valence-corrected chi connectivity index (χ2v) is 7.78. The monoisotopic (exact) mass is 424 g/mol. The van der Waals surface area contributed by atoms with E-state index in [0.717, 1.165) is 11.4 Å². The van der Waals surface area contributed by atoms with Gasteiger partial charge in [-0.2, -0.15) is 0 Å². The summed E-state index contributed by atoms with van der Waals surface area (Å²) in [5, 5.41) is 1.57. The fourth-order valence-electron chi connectivity index (χ4n) is 2.75. The number of halogens is 2. The van der Waals surface area contributed by atoms with Gasteiger partial charge in [-0.05, 0) is 54.2 Å². The van der Waals surface area contributed by atoms with E-state index < -0.39 is 0 Å². The van der Waals surface area contributed by atoms with Crippen molar-refractivity contribution >= 4 is 63.5 Å². The molecule has 3 aromatic rings. The zero-order valence-corrected chi connectivity index (χ0v) is 16.9. The zero-order valence-electron chi connectivity index (χ0n) is 14.5. The normalized spacial score (nSPS) is 16.9. The van der Waals surface area contributed by atoms with E-state index in [9.17, 15) is 4.79 Å². The van der Waals surface area contributed by atoms with Gasteiger partial charge in [0.05, 0.1) is 16.3 Å². The summed E-state index contributed by atoms with van der Waals surface area (Å²) in [5.74, 6) is -0.165. The average molecular weight is 425 g/mol. The van der Waals surface area contributed by atoms with E-state index in [4.69, 9.17) is 23.2 Å². The molecule has 0 spiro atoms. The Labute approximate surface area is 177 Å². The number of anilines is 1. The fourth-order valence-corrected chi connectivity index (χ4v) is 4.24. The molecule has 3 aromatic carbocycles. The summed E-state index contributed by atoms with van der Waals surface area (Å²) >= 11 is 13.9. The third-order valence-corrected chi connectivity index (χ3v) is 5.70. The summed E-state index contributed by atoms with van der Waals surface area (Å²) in [6.45, 7) is 0. The maximum absolute atomic E-state index is 13.2. The van der Waals surface area contributed by atoms with E-state index in [-0.39, 0.29) is 5.91 Å². The number of nitrogens with zero attached hydrogens (tertiary/aromatic N) is 2. The molecular weight excluding hydrogens is 411 g/mol. The molecule has 0 radical (unpaired) electrons. The Kier molecular flexibility index (Phi) is 5.53. The van der Waals surface area contributed by atoms with Crippen molar-refractivity contribution in [2.24, 2.45) is 4.99 Å². The predicted octanol–water partition coefficient (Wildman–Crippen LogP) is 6.80. The molecule has 4 rings (SSSR count). The molecule has 1 heterocycles. The standard InChI is InChI=1S/C22H14Cl2N2OS/c23-18-12-7-13-19(24)17(18)14-20-21(27)26(16-10-5-2-6-11-16)22(28-20)25-15-8-3-1-4-9-15/h1-14H/b20-14-,25-22?. The molecule has 0 saturated carbocycles. The van der Waals surface area contributed by atoms with Gasteiger partial charge in [0.15, 0.2) is 5.17 Å². The highest BCUT2D eigenvalue weighted by Crippen LogP contribution is 2.39. The maximum Gasteiger partial charge on any atom is 0.271 e. The third-order valence-electron chi connectivity index (χ3n) is 4.08. The van der Waals surface area contributed by atoms with Gasteiger partial charge in [-0.1, -0.05) is 65.7 Å². The molecule has 28 heavy (non-hydrogen) atoms. The van der Waals surface area contributed by atoms with Crippen molar-refractivity contribution in [1.82, 2.24) is 0 Å². The summed E-state index contributed by atoms with van der Waals surface area (Å²) in [4.78, 5) is 20.0. The zero-order chi connectivity index (χ0) is 19.5. The van der Waals surface area contributed by atoms with Crippen LogP contribution in [0.4, 0.5) is 11.4 Å². The molecule has 138 valence electrons. The number of hydrogen-bond acceptors (Lipinski definition) is 3. The van der Waals surface area contributed by atoms with E-state index in [1.54, 1.807) is 29.2 Å². The lowest BCUT2D eigenvalue weighted by atomic mass is 10.2. The Morgan fingerprint density at radius 1 is 0.821 bits per heavy atom. The van der Waals surface area contributed by atoms with Crippen molar-refractivity contribution < 1.29 is 4.79 Å². The van der Waals surface area contributed by atoms with E-state index in [2.05, 4.69) is 4.99 Å². The van der Waals surface area contributed by atoms with Gasteiger partial charge in [-0.15, -0.1) is 0 Å². The van der Waals surface area contributed by atoms with Crippen molar-refractivity contribution in [3.63, 3.8) is 0 Å². The topological polar surface area (TPSA) is 32.7 Å². The quantitative estimate of drug-likeness (QED) is 0.432. The van der Waals surface area contributed by atoms with E-state index in [0.29, 0.717) is 25.7 Å². The highest BCUT2D eigenvalue weighted by Gasteiger charge is 2.35. The molecule has 0 unspecified atom stereocenters. The first kappa shape index (κ1) is 18.8. The molecule has 1 aliphatic rings. The molecule has 1 amide bonds. The van der Waals surface area contributed by atoms with Crippen molar-refractivity contribution in [1.29, 1.82) is 0 Å². The van der Waals surface area contributed by atoms with Crippen LogP contribution in [0.3, 0.4) is 0 Å². The van der Waals surface area contributed by atoms with Crippen LogP contribution in [0.1, 0.15) is 5.56 Å². The molecule has 3 nitrogen and oxygen atoms in total. The highest BCUT2D eigenvalue weighted by molar-refractivity contribution is 8.19. The first-order chi connectivity index (χ1) is 13.6. The molecule has 0 bridgehead atoms. The number of carbonyl (C=O) groups is 1. The van der Waals surface area contributed by atoms with E-state index >= 15 is 0 Å². The van der Waals surface area contributed by atoms with Crippen molar-refractivity contribution in [2.75, 3.05) is 4.90 Å². The number of para-hydroxylation sites is 2. The summed E-state index contributed by atoms with van der Waals surface area (Å²) in [6, 6.07) is 24.3. The number of rotatable bonds is 3. The van der Waals surface area contributed by atoms with Gasteiger partial charge in [0.2, 0.25) is 0 Å². The van der Waals surface area contributed by atoms with Crippen LogP contribution in [0.15, 0.2) is 88.8 Å². The lowest BCUT2D eigenvalue weighted by Crippen LogP contribution is -2.28. The van der Waals surface area contributed by atoms with Crippen LogP contribution < -0.4 is 4.90 Å². The van der Waals surface area contributed by atoms with Crippen molar-refractivity contribution in [3.8, 4) is 0 Å². The van der Waals surface area contributed by atoms with Crippen LogP contribution in [0.25, 0.3) is 6.08 Å². The summed E-state index contributed by atoms with van der Waals surface area (Å²) in [5.41, 5.74) is 2.15. The van der Waals surface area contributed by atoms with Gasteiger partial charge in [0.1, 0.15) is 0 Å². The van der Waals surface area contributed by atoms with Crippen LogP contribution in [-0.4, -0.2) is 11.1 Å². The minimum absolute atomic E-state index is 0.165. The third kappa shape index (κ3) is 3.85. The highest BCUT2D eigenvalue weighted by atomic mass is 35.5. The van der Waals surface area contributed by atoms with Crippen molar-refractivity contribution in [3.05, 3.63) is 99.4 Å². The number of carbonyl (C=O) groups excluding carboxylic acids is 1. The lowest BCUT2D eigenvalue weighted by Gasteiger charge is -2.15. The minimum atomic E-state index is -0.165. The largest absolute Gasteiger partial charge is 0.271 e. The smallest absolute Gasteiger partial charge is 0.268 e.